The van der Waals surface area contributed by atoms with Crippen molar-refractivity contribution in [3.05, 3.63) is 28.6 Å². The molecular formula is C11H26N6Ti. The van der Waals surface area contributed by atoms with Gasteiger partial charge in [0.1, 0.15) is 0 Å². The van der Waals surface area contributed by atoms with Crippen LogP contribution in [0.2, 0.25) is 0 Å². The Hall–Kier alpha value is -0.266. The average Bonchev–Trinajstić information content (AvgIpc) is 2.98. The summed E-state index contributed by atoms with van der Waals surface area (Å²) in [5, 5.41) is 17.9. The van der Waals surface area contributed by atoms with Crippen LogP contribution in [0.4, 0.5) is 0 Å². The van der Waals surface area contributed by atoms with Gasteiger partial charge in [-0.05, 0) is 0 Å². The maximum atomic E-state index is 3.74. The van der Waals surface area contributed by atoms with Gasteiger partial charge < -0.3 is 26.0 Å². The van der Waals surface area contributed by atoms with Gasteiger partial charge in [0, 0.05) is 6.33 Å². The van der Waals surface area contributed by atoms with E-state index in [1.54, 1.807) is 21.1 Å². The van der Waals surface area contributed by atoms with Crippen LogP contribution in [0.15, 0.2) is 12.7 Å². The van der Waals surface area contributed by atoms with E-state index in [-0.39, 0.29) is 21.7 Å². The molecule has 1 aromatic heterocycles. The summed E-state index contributed by atoms with van der Waals surface area (Å²) in [5.41, 5.74) is 0. The molecule has 0 aliphatic heterocycles. The molecular weight excluding hydrogens is 264 g/mol. The van der Waals surface area contributed by atoms with E-state index in [2.05, 4.69) is 31.1 Å². The molecule has 0 aromatic carbocycles. The van der Waals surface area contributed by atoms with E-state index in [0.29, 0.717) is 0 Å². The van der Waals surface area contributed by atoms with E-state index in [9.17, 15) is 0 Å². The van der Waals surface area contributed by atoms with E-state index in [1.165, 1.54) is 12.7 Å². The van der Waals surface area contributed by atoms with Crippen LogP contribution in [-0.2, 0) is 21.7 Å². The molecule has 1 aromatic rings. The molecule has 0 saturated heterocycles. The molecule has 104 valence electrons. The van der Waals surface area contributed by atoms with Crippen molar-refractivity contribution in [1.29, 1.82) is 0 Å². The van der Waals surface area contributed by atoms with E-state index >= 15 is 0 Å². The molecule has 1 heterocycles. The number of rotatable bonds is 3. The minimum Gasteiger partial charge on any atom is -0.665 e. The third-order valence-electron chi connectivity index (χ3n) is 1.25. The first-order chi connectivity index (χ1) is 8.24. The van der Waals surface area contributed by atoms with Crippen molar-refractivity contribution >= 4 is 0 Å². The molecule has 0 bridgehead atoms. The Morgan fingerprint density at radius 3 is 1.28 bits per heavy atom. The zero-order chi connectivity index (χ0) is 13.8. The van der Waals surface area contributed by atoms with E-state index < -0.39 is 0 Å². The number of nitrogens with zero attached hydrogens (tertiary/aromatic N) is 6. The fraction of sp³-hybridized carbons (Fsp3) is 0.818. The minimum atomic E-state index is 0. The Morgan fingerprint density at radius 1 is 0.889 bits per heavy atom. The first-order valence-electron chi connectivity index (χ1n) is 5.64. The van der Waals surface area contributed by atoms with Crippen LogP contribution in [0.1, 0.15) is 20.8 Å². The van der Waals surface area contributed by atoms with Gasteiger partial charge in [-0.15, -0.1) is 0 Å². The second-order valence-corrected chi connectivity index (χ2v) is 2.51. The zero-order valence-electron chi connectivity index (χ0n) is 12.5. The predicted octanol–water partition coefficient (Wildman–Crippen LogP) is 2.46. The van der Waals surface area contributed by atoms with Crippen LogP contribution in [0.25, 0.3) is 16.0 Å². The van der Waals surface area contributed by atoms with Gasteiger partial charge >= 0.3 is 21.7 Å². The Labute approximate surface area is 127 Å². The van der Waals surface area contributed by atoms with Gasteiger partial charge in [-0.1, -0.05) is 27.1 Å². The average molecular weight is 290 g/mol. The van der Waals surface area contributed by atoms with Crippen LogP contribution >= 0.6 is 0 Å². The van der Waals surface area contributed by atoms with Gasteiger partial charge in [0.05, 0.1) is 0 Å². The quantitative estimate of drug-likeness (QED) is 0.802. The van der Waals surface area contributed by atoms with Crippen molar-refractivity contribution in [3.8, 4) is 0 Å². The standard InChI is InChI=1S/3C3H8N.C2H2N3.Ti/c3*1-3-4-2;1-3-2-5-4-1;/h3*3H2,1-2H3;1-2H;/q4*-1;+4. The van der Waals surface area contributed by atoms with Crippen LogP contribution in [0, 0.1) is 0 Å². The topological polar surface area (TPSA) is 82.2 Å². The molecule has 0 unspecified atom stereocenters. The Bertz CT molecular complexity index is 128. The van der Waals surface area contributed by atoms with Crippen molar-refractivity contribution in [3.63, 3.8) is 0 Å². The molecule has 0 aliphatic carbocycles. The Balaban J connectivity index is -0.0000000719. The zero-order valence-corrected chi connectivity index (χ0v) is 14.0. The van der Waals surface area contributed by atoms with Crippen molar-refractivity contribution in [2.45, 2.75) is 20.8 Å². The van der Waals surface area contributed by atoms with Gasteiger partial charge in [-0.25, -0.2) is 0 Å². The maximum Gasteiger partial charge on any atom is 4.00 e. The number of hydrogen-bond donors (Lipinski definition) is 0. The Morgan fingerprint density at radius 2 is 1.22 bits per heavy atom. The second-order valence-electron chi connectivity index (χ2n) is 2.51. The largest absolute Gasteiger partial charge is 4.00 e. The van der Waals surface area contributed by atoms with Crippen LogP contribution < -0.4 is 5.10 Å². The van der Waals surface area contributed by atoms with E-state index in [1.807, 2.05) is 20.8 Å². The SMILES string of the molecule is CC[N-]C.CC[N-]C.CC[N-]C.[Ti+4].c1nc[n-]n1. The molecule has 0 radical (unpaired) electrons. The maximum absolute atomic E-state index is 3.74. The molecule has 0 atom stereocenters. The van der Waals surface area contributed by atoms with Gasteiger partial charge in [0.25, 0.3) is 0 Å². The van der Waals surface area contributed by atoms with Gasteiger partial charge in [-0.2, -0.15) is 40.8 Å². The van der Waals surface area contributed by atoms with Gasteiger partial charge in [0.2, 0.25) is 0 Å². The predicted molar refractivity (Wildman–Crippen MR) is 74.8 cm³/mol. The Kier molecular flexibility index (Phi) is 52.6. The third-order valence-corrected chi connectivity index (χ3v) is 1.25. The normalized spacial score (nSPS) is 7.22. The fourth-order valence-electron chi connectivity index (χ4n) is 0.149. The molecule has 0 N–H and O–H groups in total. The summed E-state index contributed by atoms with van der Waals surface area (Å²) in [6.45, 7) is 8.88. The summed E-state index contributed by atoms with van der Waals surface area (Å²) < 4.78 is 0. The second kappa shape index (κ2) is 36.0. The fourth-order valence-corrected chi connectivity index (χ4v) is 0.149. The molecule has 0 aliphatic rings. The molecule has 6 nitrogen and oxygen atoms in total. The molecule has 0 amide bonds. The summed E-state index contributed by atoms with van der Waals surface area (Å²) in [4.78, 5) is 3.50. The van der Waals surface area contributed by atoms with Gasteiger partial charge in [0.15, 0.2) is 0 Å². The molecule has 7 heteroatoms. The van der Waals surface area contributed by atoms with Crippen molar-refractivity contribution in [2.24, 2.45) is 0 Å². The monoisotopic (exact) mass is 290 g/mol. The number of aromatic nitrogens is 3. The van der Waals surface area contributed by atoms with E-state index in [4.69, 9.17) is 0 Å². The molecule has 1 rings (SSSR count). The van der Waals surface area contributed by atoms with Crippen LogP contribution in [0.3, 0.4) is 0 Å². The van der Waals surface area contributed by atoms with Crippen LogP contribution in [-0.4, -0.2) is 50.9 Å². The molecule has 0 spiro atoms. The first kappa shape index (κ1) is 26.3. The molecule has 0 fully saturated rings. The van der Waals surface area contributed by atoms with E-state index in [0.717, 1.165) is 19.6 Å². The van der Waals surface area contributed by atoms with Crippen LogP contribution in [0.5, 0.6) is 0 Å². The van der Waals surface area contributed by atoms with Crippen molar-refractivity contribution < 1.29 is 21.7 Å². The summed E-state index contributed by atoms with van der Waals surface area (Å²) in [6, 6.07) is 0. The summed E-state index contributed by atoms with van der Waals surface area (Å²) in [5.74, 6) is 0. The third kappa shape index (κ3) is 57.1. The molecule has 18 heavy (non-hydrogen) atoms. The smallest absolute Gasteiger partial charge is 0.665 e. The van der Waals surface area contributed by atoms with Gasteiger partial charge in [-0.3, -0.25) is 5.10 Å². The summed E-state index contributed by atoms with van der Waals surface area (Å²) >= 11 is 0. The van der Waals surface area contributed by atoms with Crippen molar-refractivity contribution in [2.75, 3.05) is 40.8 Å². The summed E-state index contributed by atoms with van der Waals surface area (Å²) in [7, 11) is 5.42. The summed E-state index contributed by atoms with van der Waals surface area (Å²) in [6.07, 6.45) is 2.78. The molecule has 0 saturated carbocycles. The van der Waals surface area contributed by atoms with Crippen molar-refractivity contribution in [1.82, 2.24) is 15.2 Å². The first-order valence-corrected chi connectivity index (χ1v) is 5.64. The number of hydrogen-bond acceptors (Lipinski definition) is 2. The minimum absolute atomic E-state index is 0.